The van der Waals surface area contributed by atoms with Crippen LogP contribution >= 0.6 is 0 Å². The number of amides is 1. The van der Waals surface area contributed by atoms with Crippen molar-refractivity contribution >= 4 is 6.41 Å². The van der Waals surface area contributed by atoms with Gasteiger partial charge < -0.3 is 5.32 Å². The van der Waals surface area contributed by atoms with Crippen molar-refractivity contribution in [3.8, 4) is 0 Å². The van der Waals surface area contributed by atoms with Crippen molar-refractivity contribution in [1.82, 2.24) is 5.32 Å². The number of rotatable bonds is 7. The maximum absolute atomic E-state index is 9.98. The first-order valence-corrected chi connectivity index (χ1v) is 5.54. The highest BCUT2D eigenvalue weighted by molar-refractivity contribution is 5.47. The summed E-state index contributed by atoms with van der Waals surface area (Å²) in [6.07, 6.45) is 6.64. The summed E-state index contributed by atoms with van der Waals surface area (Å²) in [5, 5.41) is 2.53. The van der Waals surface area contributed by atoms with Crippen LogP contribution in [-0.2, 0) is 17.8 Å². The van der Waals surface area contributed by atoms with E-state index in [1.165, 1.54) is 24.8 Å². The molecule has 0 heterocycles. The van der Waals surface area contributed by atoms with E-state index < -0.39 is 0 Å². The van der Waals surface area contributed by atoms with E-state index in [4.69, 9.17) is 0 Å². The van der Waals surface area contributed by atoms with Crippen LogP contribution in [0.5, 0.6) is 0 Å². The summed E-state index contributed by atoms with van der Waals surface area (Å²) in [4.78, 5) is 9.98. The summed E-state index contributed by atoms with van der Waals surface area (Å²) in [7, 11) is 0. The first-order chi connectivity index (χ1) is 7.36. The van der Waals surface area contributed by atoms with Crippen LogP contribution in [-0.4, -0.2) is 6.41 Å². The molecule has 0 spiro atoms. The number of benzene rings is 1. The Morgan fingerprint density at radius 2 is 1.80 bits per heavy atom. The largest absolute Gasteiger partial charge is 0.344 e. The van der Waals surface area contributed by atoms with Gasteiger partial charge in [0.1, 0.15) is 0 Å². The molecule has 0 aliphatic heterocycles. The zero-order valence-electron chi connectivity index (χ0n) is 9.25. The van der Waals surface area contributed by atoms with Crippen LogP contribution in [0.15, 0.2) is 24.3 Å². The van der Waals surface area contributed by atoms with Crippen LogP contribution in [0, 0.1) is 0 Å². The van der Waals surface area contributed by atoms with Crippen LogP contribution in [0.1, 0.15) is 37.3 Å². The molecule has 0 bridgehead atoms. The minimum atomic E-state index is 0.568. The maximum Gasteiger partial charge on any atom is 0.309 e. The summed E-state index contributed by atoms with van der Waals surface area (Å²) in [5.41, 5.74) is 2.50. The van der Waals surface area contributed by atoms with Crippen molar-refractivity contribution in [2.75, 3.05) is 0 Å². The molecule has 2 heteroatoms. The number of hydrogen-bond acceptors (Lipinski definition) is 1. The van der Waals surface area contributed by atoms with Crippen LogP contribution in [0.25, 0.3) is 0 Å². The fourth-order valence-corrected chi connectivity index (χ4v) is 1.54. The summed E-state index contributed by atoms with van der Waals surface area (Å²) in [6, 6.07) is 8.40. The lowest BCUT2D eigenvalue weighted by Gasteiger charge is -2.03. The summed E-state index contributed by atoms with van der Waals surface area (Å²) in [6.45, 7) is 2.78. The van der Waals surface area contributed by atoms with Gasteiger partial charge in [0.15, 0.2) is 0 Å². The molecule has 1 radical (unpaired) electrons. The quantitative estimate of drug-likeness (QED) is 0.537. The van der Waals surface area contributed by atoms with Crippen molar-refractivity contribution in [2.45, 2.75) is 39.2 Å². The molecule has 15 heavy (non-hydrogen) atoms. The van der Waals surface area contributed by atoms with E-state index in [0.717, 1.165) is 12.0 Å². The second-order valence-electron chi connectivity index (χ2n) is 3.73. The van der Waals surface area contributed by atoms with Gasteiger partial charge in [-0.3, -0.25) is 4.79 Å². The third-order valence-corrected chi connectivity index (χ3v) is 2.46. The van der Waals surface area contributed by atoms with Crippen LogP contribution < -0.4 is 5.32 Å². The lowest BCUT2D eigenvalue weighted by molar-refractivity contribution is 0.542. The van der Waals surface area contributed by atoms with Crippen LogP contribution in [0.4, 0.5) is 0 Å². The minimum Gasteiger partial charge on any atom is -0.344 e. The van der Waals surface area contributed by atoms with E-state index in [-0.39, 0.29) is 0 Å². The molecule has 1 aromatic carbocycles. The molecule has 0 fully saturated rings. The maximum atomic E-state index is 9.98. The van der Waals surface area contributed by atoms with Crippen LogP contribution in [0.3, 0.4) is 0 Å². The monoisotopic (exact) mass is 204 g/mol. The highest BCUT2D eigenvalue weighted by atomic mass is 16.1. The highest BCUT2D eigenvalue weighted by Crippen LogP contribution is 2.08. The summed E-state index contributed by atoms with van der Waals surface area (Å²) >= 11 is 0. The fourth-order valence-electron chi connectivity index (χ4n) is 1.54. The third kappa shape index (κ3) is 4.63. The number of aryl methyl sites for hydroxylation is 1. The van der Waals surface area contributed by atoms with Crippen molar-refractivity contribution in [3.05, 3.63) is 35.4 Å². The molecular formula is C13H18NO. The van der Waals surface area contributed by atoms with E-state index in [2.05, 4.69) is 36.5 Å². The third-order valence-electron chi connectivity index (χ3n) is 2.46. The van der Waals surface area contributed by atoms with Gasteiger partial charge in [-0.2, -0.15) is 0 Å². The minimum absolute atomic E-state index is 0.568. The van der Waals surface area contributed by atoms with Crippen molar-refractivity contribution in [1.29, 1.82) is 0 Å². The van der Waals surface area contributed by atoms with Gasteiger partial charge in [-0.15, -0.1) is 0 Å². The topological polar surface area (TPSA) is 29.1 Å². The van der Waals surface area contributed by atoms with E-state index in [1.807, 2.05) is 0 Å². The predicted molar refractivity (Wildman–Crippen MR) is 62.2 cm³/mol. The van der Waals surface area contributed by atoms with Crippen molar-refractivity contribution in [2.24, 2.45) is 0 Å². The zero-order valence-corrected chi connectivity index (χ0v) is 9.25. The lowest BCUT2D eigenvalue weighted by Crippen LogP contribution is -2.09. The summed E-state index contributed by atoms with van der Waals surface area (Å²) in [5.74, 6) is 0. The normalized spacial score (nSPS) is 9.93. The first-order valence-electron chi connectivity index (χ1n) is 5.54. The Morgan fingerprint density at radius 1 is 1.13 bits per heavy atom. The van der Waals surface area contributed by atoms with Gasteiger partial charge >= 0.3 is 6.41 Å². The molecule has 0 aromatic heterocycles. The average Bonchev–Trinajstić information content (AvgIpc) is 2.28. The Hall–Kier alpha value is -1.31. The Bertz CT molecular complexity index is 279. The van der Waals surface area contributed by atoms with Gasteiger partial charge in [0.05, 0.1) is 0 Å². The molecule has 1 N–H and O–H groups in total. The molecule has 1 aromatic rings. The Morgan fingerprint density at radius 3 is 2.40 bits per heavy atom. The van der Waals surface area contributed by atoms with Crippen molar-refractivity contribution < 1.29 is 4.79 Å². The average molecular weight is 204 g/mol. The molecule has 81 valence electrons. The number of unbranched alkanes of at least 4 members (excludes halogenated alkanes) is 2. The molecule has 1 amide bonds. The Balaban J connectivity index is 2.38. The highest BCUT2D eigenvalue weighted by Gasteiger charge is 1.94. The van der Waals surface area contributed by atoms with Gasteiger partial charge in [0.25, 0.3) is 0 Å². The molecule has 0 saturated carbocycles. The van der Waals surface area contributed by atoms with Crippen molar-refractivity contribution in [3.63, 3.8) is 0 Å². The number of nitrogens with one attached hydrogen (secondary N) is 1. The molecule has 0 aliphatic carbocycles. The second-order valence-corrected chi connectivity index (χ2v) is 3.73. The lowest BCUT2D eigenvalue weighted by atomic mass is 10.1. The van der Waals surface area contributed by atoms with Crippen LogP contribution in [0.2, 0.25) is 0 Å². The molecule has 1 rings (SSSR count). The summed E-state index contributed by atoms with van der Waals surface area (Å²) < 4.78 is 0. The zero-order chi connectivity index (χ0) is 10.9. The standard InChI is InChI=1S/C13H18NO/c1-2-3-4-5-12-6-8-13(9-7-12)10-14-11-15/h6-9H,2-5,10H2,1H3,(H,14,15). The van der Waals surface area contributed by atoms with Gasteiger partial charge in [-0.25, -0.2) is 0 Å². The van der Waals surface area contributed by atoms with E-state index in [1.54, 1.807) is 6.41 Å². The molecule has 2 nitrogen and oxygen atoms in total. The second kappa shape index (κ2) is 7.04. The Kier molecular flexibility index (Phi) is 5.52. The van der Waals surface area contributed by atoms with Gasteiger partial charge in [0, 0.05) is 6.54 Å². The van der Waals surface area contributed by atoms with E-state index >= 15 is 0 Å². The number of hydrogen-bond donors (Lipinski definition) is 1. The Labute approximate surface area is 91.7 Å². The van der Waals surface area contributed by atoms with Gasteiger partial charge in [0.2, 0.25) is 0 Å². The fraction of sp³-hybridized carbons (Fsp3) is 0.462. The molecule has 0 saturated heterocycles. The predicted octanol–water partition coefficient (Wildman–Crippen LogP) is 2.58. The SMILES string of the molecule is CCCCCc1ccc(CN[C]=O)cc1. The number of carbonyl (C=O) groups excluding carboxylic acids is 1. The molecule has 0 atom stereocenters. The van der Waals surface area contributed by atoms with E-state index in [0.29, 0.717) is 6.54 Å². The smallest absolute Gasteiger partial charge is 0.309 e. The van der Waals surface area contributed by atoms with E-state index in [9.17, 15) is 4.79 Å². The molecular weight excluding hydrogens is 186 g/mol. The molecule has 0 aliphatic rings. The first kappa shape index (κ1) is 11.8. The van der Waals surface area contributed by atoms with Gasteiger partial charge in [-0.05, 0) is 24.0 Å². The molecule has 0 unspecified atom stereocenters. The van der Waals surface area contributed by atoms with Gasteiger partial charge in [-0.1, -0.05) is 44.0 Å².